The second-order valence-electron chi connectivity index (χ2n) is 8.53. The second kappa shape index (κ2) is 9.51. The number of hydrogen-bond donors (Lipinski definition) is 3. The van der Waals surface area contributed by atoms with Crippen molar-refractivity contribution in [2.45, 2.75) is 45.7 Å². The lowest BCUT2D eigenvalue weighted by Crippen LogP contribution is -2.35. The van der Waals surface area contributed by atoms with Gasteiger partial charge in [0.2, 0.25) is 0 Å². The van der Waals surface area contributed by atoms with E-state index in [4.69, 9.17) is 11.6 Å². The molecule has 0 bridgehead atoms. The van der Waals surface area contributed by atoms with E-state index in [1.54, 1.807) is 23.0 Å². The Labute approximate surface area is 196 Å². The molecule has 0 aliphatic carbocycles. The molecule has 9 heteroatoms. The number of fused-ring (bicyclic) bond motifs is 1. The minimum atomic E-state index is -0.812. The summed E-state index contributed by atoms with van der Waals surface area (Å²) in [4.78, 5) is 19.2. The maximum absolute atomic E-state index is 13.8. The quantitative estimate of drug-likeness (QED) is 0.509. The molecule has 1 amide bonds. The van der Waals surface area contributed by atoms with Crippen molar-refractivity contribution in [1.82, 2.24) is 14.5 Å². The number of hydrogen-bond acceptors (Lipinski definition) is 5. The van der Waals surface area contributed by atoms with E-state index in [0.717, 1.165) is 11.1 Å². The number of aliphatic hydroxyl groups is 2. The van der Waals surface area contributed by atoms with Crippen LogP contribution in [-0.4, -0.2) is 49.3 Å². The van der Waals surface area contributed by atoms with E-state index in [2.05, 4.69) is 10.3 Å². The van der Waals surface area contributed by atoms with Crippen LogP contribution in [0.1, 0.15) is 35.5 Å². The number of aromatic nitrogens is 2. The van der Waals surface area contributed by atoms with Crippen molar-refractivity contribution in [2.24, 2.45) is 0 Å². The minimum absolute atomic E-state index is 0.0720. The van der Waals surface area contributed by atoms with Crippen molar-refractivity contribution >= 4 is 23.3 Å². The molecule has 1 aromatic carbocycles. The van der Waals surface area contributed by atoms with Crippen molar-refractivity contribution in [1.29, 1.82) is 0 Å². The summed E-state index contributed by atoms with van der Waals surface area (Å²) in [7, 11) is 0. The average molecular weight is 473 g/mol. The summed E-state index contributed by atoms with van der Waals surface area (Å²) in [6.07, 6.45) is 2.54. The van der Waals surface area contributed by atoms with Gasteiger partial charge in [0.1, 0.15) is 17.3 Å². The molecular formula is C24H26ClFN4O3. The lowest BCUT2D eigenvalue weighted by atomic mass is 10.1. The van der Waals surface area contributed by atoms with Crippen LogP contribution in [0.5, 0.6) is 0 Å². The van der Waals surface area contributed by atoms with Gasteiger partial charge >= 0.3 is 0 Å². The molecule has 3 N–H and O–H groups in total. The lowest BCUT2D eigenvalue weighted by molar-refractivity contribution is 0.0628. The summed E-state index contributed by atoms with van der Waals surface area (Å²) < 4.78 is 15.5. The Balaban J connectivity index is 1.68. The van der Waals surface area contributed by atoms with E-state index in [1.165, 1.54) is 23.1 Å². The summed E-state index contributed by atoms with van der Waals surface area (Å²) in [6.45, 7) is 4.14. The molecule has 1 unspecified atom stereocenters. The highest BCUT2D eigenvalue weighted by Gasteiger charge is 2.29. The Morgan fingerprint density at radius 1 is 1.24 bits per heavy atom. The molecule has 1 atom stereocenters. The smallest absolute Gasteiger partial charge is 0.270 e. The Hall–Kier alpha value is -2.94. The Kier molecular flexibility index (Phi) is 6.69. The molecule has 33 heavy (non-hydrogen) atoms. The number of benzene rings is 1. The number of pyridine rings is 1. The second-order valence-corrected chi connectivity index (χ2v) is 8.93. The number of carbonyl (C=O) groups is 1. The number of β-amino-alcohol motifs (C(OH)–C–C–N with tert-alkyl or cyclic N) is 1. The number of halogens is 2. The standard InChI is InChI=1S/C24H26ClFN4O3/c1-14(2)28-23-7-20(21(25)8-27-23)17-6-22-24(33)30(12-19(32)11-29(22)10-17)9-16-5-18(26)4-3-15(16)13-31/h3-8,10,14,19,31-32H,9,11-13H2,1-2H3,(H,27,28). The lowest BCUT2D eigenvalue weighted by Gasteiger charge is -2.23. The summed E-state index contributed by atoms with van der Waals surface area (Å²) in [5, 5.41) is 23.9. The number of anilines is 1. The van der Waals surface area contributed by atoms with Crippen LogP contribution in [0.3, 0.4) is 0 Å². The molecule has 1 aliphatic heterocycles. The van der Waals surface area contributed by atoms with E-state index >= 15 is 0 Å². The third-order valence-corrected chi connectivity index (χ3v) is 5.85. The monoisotopic (exact) mass is 472 g/mol. The van der Waals surface area contributed by atoms with Gasteiger partial charge in [-0.3, -0.25) is 4.79 Å². The summed E-state index contributed by atoms with van der Waals surface area (Å²) >= 11 is 6.41. The van der Waals surface area contributed by atoms with E-state index in [0.29, 0.717) is 27.7 Å². The van der Waals surface area contributed by atoms with Gasteiger partial charge in [0.05, 0.1) is 24.3 Å². The first-order valence-electron chi connectivity index (χ1n) is 10.7. The van der Waals surface area contributed by atoms with E-state index in [1.807, 2.05) is 19.9 Å². The van der Waals surface area contributed by atoms with Gasteiger partial charge in [-0.25, -0.2) is 9.37 Å². The van der Waals surface area contributed by atoms with Crippen LogP contribution in [0.25, 0.3) is 11.1 Å². The molecule has 0 spiro atoms. The van der Waals surface area contributed by atoms with Crippen molar-refractivity contribution in [2.75, 3.05) is 11.9 Å². The first kappa shape index (κ1) is 23.2. The van der Waals surface area contributed by atoms with Gasteiger partial charge in [-0.1, -0.05) is 17.7 Å². The topological polar surface area (TPSA) is 90.6 Å². The van der Waals surface area contributed by atoms with Crippen molar-refractivity contribution < 1.29 is 19.4 Å². The van der Waals surface area contributed by atoms with Crippen LogP contribution in [0.2, 0.25) is 5.02 Å². The third-order valence-electron chi connectivity index (χ3n) is 5.54. The molecule has 3 heterocycles. The predicted octanol–water partition coefficient (Wildman–Crippen LogP) is 3.67. The van der Waals surface area contributed by atoms with Crippen LogP contribution in [0.4, 0.5) is 10.2 Å². The van der Waals surface area contributed by atoms with Crippen LogP contribution in [0.15, 0.2) is 42.7 Å². The maximum Gasteiger partial charge on any atom is 0.270 e. The molecule has 174 valence electrons. The van der Waals surface area contributed by atoms with Crippen LogP contribution in [-0.2, 0) is 19.7 Å². The molecule has 4 rings (SSSR count). The van der Waals surface area contributed by atoms with Crippen LogP contribution in [0, 0.1) is 5.82 Å². The van der Waals surface area contributed by atoms with Crippen molar-refractivity contribution in [3.05, 3.63) is 70.4 Å². The zero-order valence-electron chi connectivity index (χ0n) is 18.4. The highest BCUT2D eigenvalue weighted by molar-refractivity contribution is 6.33. The highest BCUT2D eigenvalue weighted by atomic mass is 35.5. The summed E-state index contributed by atoms with van der Waals surface area (Å²) in [5.41, 5.74) is 2.88. The van der Waals surface area contributed by atoms with Gasteiger partial charge < -0.3 is 25.0 Å². The number of aliphatic hydroxyl groups excluding tert-OH is 2. The van der Waals surface area contributed by atoms with E-state index in [-0.39, 0.29) is 38.2 Å². The molecule has 3 aromatic rings. The molecular weight excluding hydrogens is 447 g/mol. The van der Waals surface area contributed by atoms with Gasteiger partial charge in [-0.15, -0.1) is 0 Å². The van der Waals surface area contributed by atoms with Gasteiger partial charge in [0.15, 0.2) is 0 Å². The number of nitrogens with zero attached hydrogens (tertiary/aromatic N) is 3. The molecule has 0 saturated heterocycles. The number of nitrogens with one attached hydrogen (secondary N) is 1. The zero-order valence-corrected chi connectivity index (χ0v) is 19.2. The molecule has 0 saturated carbocycles. The molecule has 0 radical (unpaired) electrons. The first-order valence-corrected chi connectivity index (χ1v) is 11.1. The average Bonchev–Trinajstić information content (AvgIpc) is 3.13. The van der Waals surface area contributed by atoms with Gasteiger partial charge in [-0.05, 0) is 49.2 Å². The number of carbonyl (C=O) groups excluding carboxylic acids is 1. The van der Waals surface area contributed by atoms with Crippen molar-refractivity contribution in [3.63, 3.8) is 0 Å². The fourth-order valence-corrected chi connectivity index (χ4v) is 4.26. The molecule has 2 aromatic heterocycles. The molecule has 7 nitrogen and oxygen atoms in total. The molecule has 0 fully saturated rings. The zero-order chi connectivity index (χ0) is 23.7. The van der Waals surface area contributed by atoms with E-state index in [9.17, 15) is 19.4 Å². The molecule has 1 aliphatic rings. The normalized spacial score (nSPS) is 16.2. The van der Waals surface area contributed by atoms with Gasteiger partial charge in [0.25, 0.3) is 5.91 Å². The largest absolute Gasteiger partial charge is 0.392 e. The SMILES string of the molecule is CC(C)Nc1cc(-c2cc3n(c2)CC(O)CN(Cc2cc(F)ccc2CO)C3=O)c(Cl)cn1. The van der Waals surface area contributed by atoms with Gasteiger partial charge in [-0.2, -0.15) is 0 Å². The predicted molar refractivity (Wildman–Crippen MR) is 125 cm³/mol. The third kappa shape index (κ3) is 5.03. The Morgan fingerprint density at radius 3 is 2.76 bits per heavy atom. The summed E-state index contributed by atoms with van der Waals surface area (Å²) in [6, 6.07) is 7.84. The maximum atomic E-state index is 13.8. The number of amides is 1. The Morgan fingerprint density at radius 2 is 2.03 bits per heavy atom. The number of rotatable bonds is 6. The summed E-state index contributed by atoms with van der Waals surface area (Å²) in [5.74, 6) is -0.0769. The van der Waals surface area contributed by atoms with E-state index < -0.39 is 11.9 Å². The van der Waals surface area contributed by atoms with Crippen LogP contribution < -0.4 is 5.32 Å². The minimum Gasteiger partial charge on any atom is -0.392 e. The van der Waals surface area contributed by atoms with Gasteiger partial charge in [0, 0.05) is 42.7 Å². The fourth-order valence-electron chi connectivity index (χ4n) is 4.04. The first-order chi connectivity index (χ1) is 15.7. The highest BCUT2D eigenvalue weighted by Crippen LogP contribution is 2.32. The Bertz CT molecular complexity index is 1180. The fraction of sp³-hybridized carbons (Fsp3) is 0.333. The van der Waals surface area contributed by atoms with Crippen molar-refractivity contribution in [3.8, 4) is 11.1 Å². The van der Waals surface area contributed by atoms with Crippen LogP contribution >= 0.6 is 11.6 Å².